The van der Waals surface area contributed by atoms with Gasteiger partial charge in [0.15, 0.2) is 0 Å². The molecule has 0 saturated carbocycles. The molecule has 0 amide bonds. The van der Waals surface area contributed by atoms with E-state index in [0.29, 0.717) is 25.4 Å². The third kappa shape index (κ3) is 5.58. The van der Waals surface area contributed by atoms with Gasteiger partial charge < -0.3 is 25.3 Å². The first-order chi connectivity index (χ1) is 19.1. The van der Waals surface area contributed by atoms with Crippen LogP contribution < -0.4 is 21.1 Å². The van der Waals surface area contributed by atoms with Gasteiger partial charge in [-0.3, -0.25) is 9.78 Å². The van der Waals surface area contributed by atoms with Gasteiger partial charge in [-0.2, -0.15) is 0 Å². The second kappa shape index (κ2) is 11.5. The summed E-state index contributed by atoms with van der Waals surface area (Å²) in [5.41, 5.74) is 4.95. The van der Waals surface area contributed by atoms with Gasteiger partial charge in [0, 0.05) is 51.1 Å². The quantitative estimate of drug-likeness (QED) is 0.230. The Bertz CT molecular complexity index is 1540. The highest BCUT2D eigenvalue weighted by atomic mass is 32.2. The second-order valence-electron chi connectivity index (χ2n) is 9.68. The summed E-state index contributed by atoms with van der Waals surface area (Å²) in [5.74, 6) is 0. The van der Waals surface area contributed by atoms with Crippen LogP contribution in [0.15, 0.2) is 97.3 Å². The minimum atomic E-state index is -0.101. The van der Waals surface area contributed by atoms with Gasteiger partial charge in [0.05, 0.1) is 24.0 Å². The van der Waals surface area contributed by atoms with Crippen molar-refractivity contribution in [3.05, 3.63) is 100 Å². The fourth-order valence-corrected chi connectivity index (χ4v) is 7.48. The summed E-state index contributed by atoms with van der Waals surface area (Å²) < 4.78 is 6.24. The summed E-state index contributed by atoms with van der Waals surface area (Å²) in [6.45, 7) is 4.82. The maximum atomic E-state index is 12.4. The van der Waals surface area contributed by atoms with Crippen molar-refractivity contribution >= 4 is 34.9 Å². The number of ether oxygens (including phenoxy) is 1. The van der Waals surface area contributed by atoms with E-state index in [9.17, 15) is 4.79 Å². The van der Waals surface area contributed by atoms with Crippen molar-refractivity contribution in [2.75, 3.05) is 37.0 Å². The maximum absolute atomic E-state index is 12.4. The zero-order valence-electron chi connectivity index (χ0n) is 21.9. The summed E-state index contributed by atoms with van der Waals surface area (Å²) >= 11 is 3.60. The molecule has 9 heteroatoms. The van der Waals surface area contributed by atoms with E-state index in [1.807, 2.05) is 25.2 Å². The molecule has 0 aliphatic carbocycles. The Morgan fingerprint density at radius 2 is 1.97 bits per heavy atom. The molecule has 200 valence electrons. The van der Waals surface area contributed by atoms with Crippen LogP contribution in [0.3, 0.4) is 0 Å². The number of hydrogen-bond donors (Lipinski definition) is 3. The molecule has 2 unspecified atom stereocenters. The van der Waals surface area contributed by atoms with Crippen molar-refractivity contribution in [3.8, 4) is 0 Å². The lowest BCUT2D eigenvalue weighted by Crippen LogP contribution is -2.41. The average Bonchev–Trinajstić information content (AvgIpc) is 2.96. The Kier molecular flexibility index (Phi) is 7.65. The zero-order chi connectivity index (χ0) is 26.8. The van der Waals surface area contributed by atoms with Crippen LogP contribution >= 0.6 is 23.5 Å². The number of H-pyrrole nitrogens is 1. The molecule has 6 rings (SSSR count). The Hall–Kier alpha value is -3.24. The molecule has 0 radical (unpaired) electrons. The van der Waals surface area contributed by atoms with Gasteiger partial charge in [-0.25, -0.2) is 0 Å². The number of nitrogens with one attached hydrogen (secondary N) is 3. The van der Waals surface area contributed by atoms with Crippen molar-refractivity contribution in [1.82, 2.24) is 15.3 Å². The summed E-state index contributed by atoms with van der Waals surface area (Å²) in [6.07, 6.45) is 1.57. The number of aromatic amines is 1. The number of rotatable bonds is 7. The number of hydrogen-bond acceptors (Lipinski definition) is 8. The molecular formula is C30H31N5O2S2. The van der Waals surface area contributed by atoms with Crippen molar-refractivity contribution < 1.29 is 4.74 Å². The molecule has 2 atom stereocenters. The molecule has 2 aliphatic heterocycles. The van der Waals surface area contributed by atoms with E-state index in [1.54, 1.807) is 29.7 Å². The Morgan fingerprint density at radius 3 is 2.85 bits per heavy atom. The molecular weight excluding hydrogens is 526 g/mol. The molecule has 2 aromatic carbocycles. The summed E-state index contributed by atoms with van der Waals surface area (Å²) in [7, 11) is 1.93. The molecule has 4 aromatic rings. The SMILES string of the molecule is CNCc1cccc(C(C)Nc2ccc3c(c2)Sc2cccc(C4CN(c5ccc[nH]c5=O)CCO4)c2S3)n1. The lowest BCUT2D eigenvalue weighted by atomic mass is 10.1. The van der Waals surface area contributed by atoms with Gasteiger partial charge in [0.1, 0.15) is 11.8 Å². The van der Waals surface area contributed by atoms with Crippen LogP contribution in [-0.2, 0) is 11.3 Å². The minimum absolute atomic E-state index is 0.0627. The van der Waals surface area contributed by atoms with Gasteiger partial charge in [-0.05, 0) is 68.1 Å². The van der Waals surface area contributed by atoms with Crippen LogP contribution in [-0.4, -0.2) is 36.7 Å². The van der Waals surface area contributed by atoms with Crippen LogP contribution in [0.5, 0.6) is 0 Å². The van der Waals surface area contributed by atoms with E-state index in [2.05, 4.69) is 76.0 Å². The predicted octanol–water partition coefficient (Wildman–Crippen LogP) is 5.86. The van der Waals surface area contributed by atoms with Crippen LogP contribution in [0.25, 0.3) is 0 Å². The topological polar surface area (TPSA) is 82.3 Å². The standard InChI is InChI=1S/C30H31N5O2S2/c1-19(23-8-3-6-21(34-23)17-31-2)33-20-11-12-26-28(16-20)38-27-10-4-7-22(29(27)39-26)25-18-35(14-15-37-25)24-9-5-13-32-30(24)36/h3-13,16,19,25,31,33H,14-15,17-18H2,1-2H3,(H,32,36). The highest BCUT2D eigenvalue weighted by Gasteiger charge is 2.29. The predicted molar refractivity (Wildman–Crippen MR) is 158 cm³/mol. The Balaban J connectivity index is 1.20. The first kappa shape index (κ1) is 26.0. The highest BCUT2D eigenvalue weighted by molar-refractivity contribution is 8.05. The van der Waals surface area contributed by atoms with Gasteiger partial charge >= 0.3 is 0 Å². The van der Waals surface area contributed by atoms with E-state index < -0.39 is 0 Å². The third-order valence-electron chi connectivity index (χ3n) is 6.95. The first-order valence-corrected chi connectivity index (χ1v) is 14.8. The number of morpholine rings is 1. The molecule has 2 aliphatic rings. The van der Waals surface area contributed by atoms with Gasteiger partial charge in [0.25, 0.3) is 5.56 Å². The molecule has 1 fully saturated rings. The molecule has 39 heavy (non-hydrogen) atoms. The number of nitrogens with zero attached hydrogens (tertiary/aromatic N) is 2. The summed E-state index contributed by atoms with van der Waals surface area (Å²) in [6, 6.07) is 23.0. The molecule has 0 bridgehead atoms. The zero-order valence-corrected chi connectivity index (χ0v) is 23.6. The number of fused-ring (bicyclic) bond motifs is 2. The fourth-order valence-electron chi connectivity index (χ4n) is 5.03. The van der Waals surface area contributed by atoms with Crippen LogP contribution in [0.1, 0.15) is 36.0 Å². The molecule has 0 spiro atoms. The average molecular weight is 558 g/mol. The minimum Gasteiger partial charge on any atom is -0.377 e. The molecule has 1 saturated heterocycles. The third-order valence-corrected chi connectivity index (χ3v) is 9.56. The van der Waals surface area contributed by atoms with Gasteiger partial charge in [-0.15, -0.1) is 0 Å². The van der Waals surface area contributed by atoms with Crippen LogP contribution in [0.4, 0.5) is 11.4 Å². The number of aromatic nitrogens is 2. The number of anilines is 2. The largest absolute Gasteiger partial charge is 0.377 e. The van der Waals surface area contributed by atoms with Crippen molar-refractivity contribution in [1.29, 1.82) is 0 Å². The van der Waals surface area contributed by atoms with Crippen LogP contribution in [0, 0.1) is 0 Å². The van der Waals surface area contributed by atoms with Crippen molar-refractivity contribution in [3.63, 3.8) is 0 Å². The molecule has 4 heterocycles. The maximum Gasteiger partial charge on any atom is 0.271 e. The van der Waals surface area contributed by atoms with E-state index in [4.69, 9.17) is 9.72 Å². The normalized spacial score (nSPS) is 17.3. The summed E-state index contributed by atoms with van der Waals surface area (Å²) in [5, 5.41) is 6.80. The van der Waals surface area contributed by atoms with E-state index in [1.165, 1.54) is 25.1 Å². The van der Waals surface area contributed by atoms with Gasteiger partial charge in [0.2, 0.25) is 0 Å². The van der Waals surface area contributed by atoms with E-state index >= 15 is 0 Å². The first-order valence-electron chi connectivity index (χ1n) is 13.1. The van der Waals surface area contributed by atoms with Crippen LogP contribution in [0.2, 0.25) is 0 Å². The lowest BCUT2D eigenvalue weighted by Gasteiger charge is -2.35. The number of benzene rings is 2. The fraction of sp³-hybridized carbons (Fsp3) is 0.267. The Morgan fingerprint density at radius 1 is 1.08 bits per heavy atom. The van der Waals surface area contributed by atoms with E-state index in [-0.39, 0.29) is 17.7 Å². The van der Waals surface area contributed by atoms with Crippen molar-refractivity contribution in [2.45, 2.75) is 45.2 Å². The smallest absolute Gasteiger partial charge is 0.271 e. The summed E-state index contributed by atoms with van der Waals surface area (Å²) in [4.78, 5) is 27.0. The second-order valence-corrected chi connectivity index (χ2v) is 11.8. The Labute approximate surface area is 236 Å². The highest BCUT2D eigenvalue weighted by Crippen LogP contribution is 2.52. The number of pyridine rings is 2. The molecule has 2 aromatic heterocycles. The molecule has 3 N–H and O–H groups in total. The van der Waals surface area contributed by atoms with Crippen molar-refractivity contribution in [2.24, 2.45) is 0 Å². The van der Waals surface area contributed by atoms with E-state index in [0.717, 1.165) is 23.6 Å². The monoisotopic (exact) mass is 557 g/mol. The molecule has 7 nitrogen and oxygen atoms in total. The lowest BCUT2D eigenvalue weighted by molar-refractivity contribution is 0.0378. The van der Waals surface area contributed by atoms with Gasteiger partial charge in [-0.1, -0.05) is 41.7 Å².